The van der Waals surface area contributed by atoms with E-state index in [1.807, 2.05) is 0 Å². The van der Waals surface area contributed by atoms with Gasteiger partial charge in [0.15, 0.2) is 5.41 Å². The van der Waals surface area contributed by atoms with Gasteiger partial charge in [-0.15, -0.1) is 0 Å². The van der Waals surface area contributed by atoms with Gasteiger partial charge in [0.1, 0.15) is 11.4 Å². The predicted molar refractivity (Wildman–Crippen MR) is 134 cm³/mol. The Labute approximate surface area is 227 Å². The third kappa shape index (κ3) is 3.48. The molecular formula is C28H24F3N3O6. The number of rotatable bonds is 3. The Hall–Kier alpha value is -4.61. The number of ether oxygens (including phenoxy) is 2. The minimum absolute atomic E-state index is 0.0844. The first-order valence-corrected chi connectivity index (χ1v) is 12.1. The molecular weight excluding hydrogens is 531 g/mol. The van der Waals surface area contributed by atoms with E-state index in [2.05, 4.69) is 0 Å². The average Bonchev–Trinajstić information content (AvgIpc) is 2.95. The number of amides is 4. The average molecular weight is 556 g/mol. The molecule has 0 N–H and O–H groups in total. The largest absolute Gasteiger partial charge is 0.496 e. The van der Waals surface area contributed by atoms with Crippen LogP contribution in [0.4, 0.5) is 18.0 Å². The highest BCUT2D eigenvalue weighted by atomic mass is 19.4. The molecule has 2 aromatic rings. The minimum atomic E-state index is -5.12. The van der Waals surface area contributed by atoms with Gasteiger partial charge in [0.2, 0.25) is 11.8 Å². The standard InChI is InChI=1S/C28H24F3N3O6/c1-32-24(36)27(25(37)33(2)26(32)38)20(15-9-6-5-7-10-15)19(23(35)40-4)22(28(29,30)31)34-14-13-16-17(21(27)34)11-8-12-18(16)39-3/h5-14,20-21H,1-4H3/t20-,21-/m0/s1. The van der Waals surface area contributed by atoms with E-state index in [9.17, 15) is 19.2 Å². The SMILES string of the molecule is COC(=O)C1=C(C(F)(F)F)N2C=Cc3c(OC)cccc3[C@H]2C2(C(=O)N(C)C(=O)N(C)C2=O)[C@H]1c1ccccc1. The van der Waals surface area contributed by atoms with Crippen molar-refractivity contribution in [1.82, 2.24) is 14.7 Å². The Balaban J connectivity index is 2.03. The first-order valence-electron chi connectivity index (χ1n) is 12.1. The fraction of sp³-hybridized carbons (Fsp3) is 0.286. The summed E-state index contributed by atoms with van der Waals surface area (Å²) in [6.07, 6.45) is -2.69. The van der Waals surface area contributed by atoms with Gasteiger partial charge in [0.25, 0.3) is 0 Å². The number of methoxy groups -OCH3 is 2. The fourth-order valence-electron chi connectivity index (χ4n) is 6.10. The van der Waals surface area contributed by atoms with Gasteiger partial charge in [0, 0.05) is 31.8 Å². The number of fused-ring (bicyclic) bond motifs is 4. The number of imide groups is 2. The summed E-state index contributed by atoms with van der Waals surface area (Å²) in [7, 11) is 4.59. The van der Waals surface area contributed by atoms with Crippen LogP contribution in [0.2, 0.25) is 0 Å². The Morgan fingerprint density at radius 3 is 2.10 bits per heavy atom. The summed E-state index contributed by atoms with van der Waals surface area (Å²) in [4.78, 5) is 57.1. The maximum Gasteiger partial charge on any atom is 0.432 e. The van der Waals surface area contributed by atoms with Crippen LogP contribution in [0.25, 0.3) is 6.08 Å². The van der Waals surface area contributed by atoms with Crippen LogP contribution in [0.1, 0.15) is 28.7 Å². The molecule has 1 spiro atoms. The number of carbonyl (C=O) groups excluding carboxylic acids is 4. The van der Waals surface area contributed by atoms with E-state index in [0.29, 0.717) is 21.1 Å². The lowest BCUT2D eigenvalue weighted by atomic mass is 9.57. The molecule has 40 heavy (non-hydrogen) atoms. The second-order valence-corrected chi connectivity index (χ2v) is 9.56. The van der Waals surface area contributed by atoms with Crippen molar-refractivity contribution in [3.05, 3.63) is 82.7 Å². The quantitative estimate of drug-likeness (QED) is 0.420. The van der Waals surface area contributed by atoms with Gasteiger partial charge in [-0.3, -0.25) is 19.4 Å². The summed E-state index contributed by atoms with van der Waals surface area (Å²) in [5.41, 5.74) is -4.14. The van der Waals surface area contributed by atoms with E-state index < -0.39 is 58.6 Å². The van der Waals surface area contributed by atoms with Gasteiger partial charge < -0.3 is 14.4 Å². The summed E-state index contributed by atoms with van der Waals surface area (Å²) in [6, 6.07) is 9.54. The molecule has 2 atom stereocenters. The second-order valence-electron chi connectivity index (χ2n) is 9.56. The van der Waals surface area contributed by atoms with Crippen LogP contribution >= 0.6 is 0 Å². The lowest BCUT2D eigenvalue weighted by Crippen LogP contribution is -2.70. The highest BCUT2D eigenvalue weighted by molar-refractivity contribution is 6.21. The van der Waals surface area contributed by atoms with Crippen molar-refractivity contribution in [3.63, 3.8) is 0 Å². The highest BCUT2D eigenvalue weighted by Gasteiger charge is 2.71. The van der Waals surface area contributed by atoms with Crippen molar-refractivity contribution < 1.29 is 41.8 Å². The van der Waals surface area contributed by atoms with E-state index in [4.69, 9.17) is 9.47 Å². The van der Waals surface area contributed by atoms with Gasteiger partial charge in [-0.1, -0.05) is 42.5 Å². The molecule has 1 fully saturated rings. The number of nitrogens with zero attached hydrogens (tertiary/aromatic N) is 3. The van der Waals surface area contributed by atoms with Crippen molar-refractivity contribution in [1.29, 1.82) is 0 Å². The Bertz CT molecular complexity index is 1480. The van der Waals surface area contributed by atoms with Crippen molar-refractivity contribution >= 4 is 29.9 Å². The Morgan fingerprint density at radius 2 is 1.55 bits per heavy atom. The smallest absolute Gasteiger partial charge is 0.432 e. The maximum absolute atomic E-state index is 15.0. The number of alkyl halides is 3. The number of allylic oxidation sites excluding steroid dienone is 1. The number of carbonyl (C=O) groups is 4. The van der Waals surface area contributed by atoms with Crippen LogP contribution in [-0.2, 0) is 19.1 Å². The first kappa shape index (κ1) is 27.0. The molecule has 0 aromatic heterocycles. The number of benzene rings is 2. The summed E-state index contributed by atoms with van der Waals surface area (Å²) in [5, 5.41) is 0. The molecule has 3 heterocycles. The predicted octanol–water partition coefficient (Wildman–Crippen LogP) is 3.85. The van der Waals surface area contributed by atoms with Crippen molar-refractivity contribution in [2.45, 2.75) is 18.1 Å². The molecule has 3 aliphatic rings. The monoisotopic (exact) mass is 555 g/mol. The molecule has 0 bridgehead atoms. The molecule has 1 saturated heterocycles. The summed E-state index contributed by atoms with van der Waals surface area (Å²) >= 11 is 0. The Morgan fingerprint density at radius 1 is 0.925 bits per heavy atom. The molecule has 0 aliphatic carbocycles. The van der Waals surface area contributed by atoms with Crippen molar-refractivity contribution in [3.8, 4) is 5.75 Å². The number of hydrogen-bond donors (Lipinski definition) is 0. The number of urea groups is 1. The lowest BCUT2D eigenvalue weighted by molar-refractivity contribution is -0.171. The third-order valence-corrected chi connectivity index (χ3v) is 7.68. The zero-order valence-electron chi connectivity index (χ0n) is 21.9. The molecule has 5 rings (SSSR count). The van der Waals surface area contributed by atoms with Gasteiger partial charge in [-0.25, -0.2) is 9.59 Å². The normalized spacial score (nSPS) is 22.0. The van der Waals surface area contributed by atoms with Crippen LogP contribution in [0.5, 0.6) is 5.75 Å². The molecule has 12 heteroatoms. The molecule has 208 valence electrons. The fourth-order valence-corrected chi connectivity index (χ4v) is 6.10. The zero-order valence-corrected chi connectivity index (χ0v) is 21.9. The van der Waals surface area contributed by atoms with Crippen LogP contribution < -0.4 is 4.74 Å². The molecule has 0 radical (unpaired) electrons. The molecule has 9 nitrogen and oxygen atoms in total. The lowest BCUT2D eigenvalue weighted by Gasteiger charge is -2.56. The molecule has 3 aliphatic heterocycles. The maximum atomic E-state index is 15.0. The highest BCUT2D eigenvalue weighted by Crippen LogP contribution is 2.63. The first-order chi connectivity index (χ1) is 18.9. The summed E-state index contributed by atoms with van der Waals surface area (Å²) in [5.74, 6) is -4.98. The number of halogens is 3. The topological polar surface area (TPSA) is 96.5 Å². The Kier molecular flexibility index (Phi) is 6.24. The van der Waals surface area contributed by atoms with Crippen LogP contribution in [0.15, 0.2) is 66.0 Å². The van der Waals surface area contributed by atoms with Crippen molar-refractivity contribution in [2.24, 2.45) is 5.41 Å². The summed E-state index contributed by atoms with van der Waals surface area (Å²) < 4.78 is 55.4. The zero-order chi connectivity index (χ0) is 29.1. The van der Waals surface area contributed by atoms with Gasteiger partial charge in [0.05, 0.1) is 25.8 Å². The van der Waals surface area contributed by atoms with E-state index in [0.717, 1.165) is 32.3 Å². The van der Waals surface area contributed by atoms with E-state index in [-0.39, 0.29) is 11.1 Å². The van der Waals surface area contributed by atoms with E-state index >= 15 is 13.2 Å². The van der Waals surface area contributed by atoms with E-state index in [1.165, 1.54) is 49.6 Å². The molecule has 0 saturated carbocycles. The summed E-state index contributed by atoms with van der Waals surface area (Å²) in [6.45, 7) is 0. The third-order valence-electron chi connectivity index (χ3n) is 7.68. The molecule has 0 unspecified atom stereocenters. The minimum Gasteiger partial charge on any atom is -0.496 e. The van der Waals surface area contributed by atoms with Gasteiger partial charge in [-0.2, -0.15) is 13.2 Å². The number of esters is 1. The van der Waals surface area contributed by atoms with Crippen LogP contribution in [0.3, 0.4) is 0 Å². The molecule has 2 aromatic carbocycles. The van der Waals surface area contributed by atoms with Crippen molar-refractivity contribution in [2.75, 3.05) is 28.3 Å². The van der Waals surface area contributed by atoms with Crippen LogP contribution in [-0.4, -0.2) is 73.0 Å². The number of hydrogen-bond acceptors (Lipinski definition) is 7. The van der Waals surface area contributed by atoms with Crippen LogP contribution in [0, 0.1) is 5.41 Å². The van der Waals surface area contributed by atoms with Gasteiger partial charge >= 0.3 is 18.2 Å². The van der Waals surface area contributed by atoms with E-state index in [1.54, 1.807) is 12.1 Å². The molecule has 4 amide bonds. The number of barbiturate groups is 1. The van der Waals surface area contributed by atoms with Gasteiger partial charge in [-0.05, 0) is 23.3 Å². The second kappa shape index (κ2) is 9.25.